The Bertz CT molecular complexity index is 667. The smallest absolute Gasteiger partial charge is 0.161 e. The van der Waals surface area contributed by atoms with Gasteiger partial charge in [0.05, 0.1) is 7.11 Å². The normalized spacial score (nSPS) is 16.7. The minimum absolute atomic E-state index is 0.423. The van der Waals surface area contributed by atoms with Gasteiger partial charge in [-0.15, -0.1) is 0 Å². The fourth-order valence-electron chi connectivity index (χ4n) is 3.63. The monoisotopic (exact) mass is 354 g/mol. The van der Waals surface area contributed by atoms with Gasteiger partial charge in [0.15, 0.2) is 11.5 Å². The number of nitrogens with one attached hydrogen (secondary N) is 1. The van der Waals surface area contributed by atoms with Crippen molar-refractivity contribution in [2.45, 2.75) is 32.4 Å². The molecule has 0 aliphatic carbocycles. The molecule has 1 saturated heterocycles. The molecule has 1 fully saturated rings. The first kappa shape index (κ1) is 18.7. The van der Waals surface area contributed by atoms with Crippen molar-refractivity contribution >= 4 is 0 Å². The van der Waals surface area contributed by atoms with Crippen LogP contribution in [0.2, 0.25) is 0 Å². The number of hydrogen-bond acceptors (Lipinski definition) is 4. The Morgan fingerprint density at radius 3 is 2.65 bits per heavy atom. The maximum Gasteiger partial charge on any atom is 0.161 e. The summed E-state index contributed by atoms with van der Waals surface area (Å²) in [5, 5.41) is 3.49. The molecular weight excluding hydrogens is 324 g/mol. The summed E-state index contributed by atoms with van der Waals surface area (Å²) in [7, 11) is 1.71. The summed E-state index contributed by atoms with van der Waals surface area (Å²) in [6.07, 6.45) is 2.29. The molecule has 140 valence electrons. The molecule has 4 heteroatoms. The lowest BCUT2D eigenvalue weighted by Crippen LogP contribution is -2.32. The van der Waals surface area contributed by atoms with Gasteiger partial charge in [-0.05, 0) is 42.6 Å². The molecule has 0 saturated carbocycles. The predicted octanol–water partition coefficient (Wildman–Crippen LogP) is 4.02. The summed E-state index contributed by atoms with van der Waals surface area (Å²) in [6, 6.07) is 17.0. The van der Waals surface area contributed by atoms with E-state index in [0.29, 0.717) is 12.6 Å². The van der Waals surface area contributed by atoms with E-state index in [-0.39, 0.29) is 0 Å². The van der Waals surface area contributed by atoms with Crippen molar-refractivity contribution < 1.29 is 9.47 Å². The van der Waals surface area contributed by atoms with Gasteiger partial charge < -0.3 is 14.8 Å². The molecule has 1 aliphatic heterocycles. The van der Waals surface area contributed by atoms with E-state index >= 15 is 0 Å². The first-order chi connectivity index (χ1) is 12.8. The second kappa shape index (κ2) is 9.60. The molecule has 2 aromatic rings. The molecule has 2 aromatic carbocycles. The SMILES string of the molecule is CCC(c1ccc(OCc2ccccc2)c(OC)c1)N1CCCNCC1. The van der Waals surface area contributed by atoms with Crippen LogP contribution in [0.15, 0.2) is 48.5 Å². The van der Waals surface area contributed by atoms with Crippen LogP contribution in [0.4, 0.5) is 0 Å². The highest BCUT2D eigenvalue weighted by Crippen LogP contribution is 2.34. The minimum atomic E-state index is 0.423. The number of benzene rings is 2. The average molecular weight is 354 g/mol. The molecular formula is C22H30N2O2. The zero-order valence-corrected chi connectivity index (χ0v) is 15.9. The lowest BCUT2D eigenvalue weighted by Gasteiger charge is -2.30. The first-order valence-electron chi connectivity index (χ1n) is 9.61. The second-order valence-corrected chi connectivity index (χ2v) is 6.75. The van der Waals surface area contributed by atoms with E-state index in [1.165, 1.54) is 12.0 Å². The van der Waals surface area contributed by atoms with Crippen molar-refractivity contribution in [1.82, 2.24) is 10.2 Å². The van der Waals surface area contributed by atoms with Crippen molar-refractivity contribution in [3.63, 3.8) is 0 Å². The molecule has 0 aromatic heterocycles. The second-order valence-electron chi connectivity index (χ2n) is 6.75. The van der Waals surface area contributed by atoms with Gasteiger partial charge in [-0.2, -0.15) is 0 Å². The average Bonchev–Trinajstić information content (AvgIpc) is 2.97. The molecule has 0 radical (unpaired) electrons. The maximum absolute atomic E-state index is 6.00. The molecule has 1 aliphatic rings. The number of methoxy groups -OCH3 is 1. The summed E-state index contributed by atoms with van der Waals surface area (Å²) in [5.41, 5.74) is 2.46. The first-order valence-corrected chi connectivity index (χ1v) is 9.61. The number of rotatable bonds is 7. The van der Waals surface area contributed by atoms with Crippen molar-refractivity contribution in [2.24, 2.45) is 0 Å². The predicted molar refractivity (Wildman–Crippen MR) is 106 cm³/mol. The van der Waals surface area contributed by atoms with E-state index in [0.717, 1.165) is 49.7 Å². The number of hydrogen-bond donors (Lipinski definition) is 1. The summed E-state index contributed by atoms with van der Waals surface area (Å²) in [4.78, 5) is 2.58. The summed E-state index contributed by atoms with van der Waals surface area (Å²) >= 11 is 0. The third-order valence-corrected chi connectivity index (χ3v) is 5.01. The molecule has 1 atom stereocenters. The van der Waals surface area contributed by atoms with Crippen LogP contribution >= 0.6 is 0 Å². The summed E-state index contributed by atoms with van der Waals surface area (Å²) in [6.45, 7) is 7.21. The number of ether oxygens (including phenoxy) is 2. The van der Waals surface area contributed by atoms with E-state index in [9.17, 15) is 0 Å². The highest BCUT2D eigenvalue weighted by molar-refractivity contribution is 5.44. The van der Waals surface area contributed by atoms with Crippen LogP contribution < -0.4 is 14.8 Å². The van der Waals surface area contributed by atoms with E-state index in [4.69, 9.17) is 9.47 Å². The summed E-state index contributed by atoms with van der Waals surface area (Å²) < 4.78 is 11.6. The van der Waals surface area contributed by atoms with Gasteiger partial charge in [-0.1, -0.05) is 43.3 Å². The molecule has 3 rings (SSSR count). The molecule has 4 nitrogen and oxygen atoms in total. The molecule has 26 heavy (non-hydrogen) atoms. The van der Waals surface area contributed by atoms with Crippen LogP contribution in [0, 0.1) is 0 Å². The largest absolute Gasteiger partial charge is 0.493 e. The Morgan fingerprint density at radius 2 is 1.88 bits per heavy atom. The third-order valence-electron chi connectivity index (χ3n) is 5.01. The van der Waals surface area contributed by atoms with Crippen molar-refractivity contribution in [1.29, 1.82) is 0 Å². The lowest BCUT2D eigenvalue weighted by atomic mass is 10.0. The van der Waals surface area contributed by atoms with Crippen molar-refractivity contribution in [3.8, 4) is 11.5 Å². The van der Waals surface area contributed by atoms with Crippen LogP contribution in [-0.4, -0.2) is 38.2 Å². The lowest BCUT2D eigenvalue weighted by molar-refractivity contribution is 0.204. The molecule has 0 amide bonds. The molecule has 0 bridgehead atoms. The molecule has 1 unspecified atom stereocenters. The summed E-state index contributed by atoms with van der Waals surface area (Å²) in [5.74, 6) is 1.61. The number of nitrogens with zero attached hydrogens (tertiary/aromatic N) is 1. The van der Waals surface area contributed by atoms with Gasteiger partial charge in [0.2, 0.25) is 0 Å². The minimum Gasteiger partial charge on any atom is -0.493 e. The Morgan fingerprint density at radius 1 is 1.04 bits per heavy atom. The van der Waals surface area contributed by atoms with E-state index in [1.54, 1.807) is 7.11 Å². The van der Waals surface area contributed by atoms with Crippen molar-refractivity contribution in [3.05, 3.63) is 59.7 Å². The van der Waals surface area contributed by atoms with Gasteiger partial charge in [-0.3, -0.25) is 4.90 Å². The molecule has 1 heterocycles. The van der Waals surface area contributed by atoms with Gasteiger partial charge in [-0.25, -0.2) is 0 Å². The standard InChI is InChI=1S/C22H30N2O2/c1-3-20(24-14-7-12-23-13-15-24)19-10-11-21(22(16-19)25-2)26-17-18-8-5-4-6-9-18/h4-6,8-11,16,20,23H,3,7,12-15,17H2,1-2H3. The topological polar surface area (TPSA) is 33.7 Å². The van der Waals surface area contributed by atoms with Gasteiger partial charge in [0, 0.05) is 25.7 Å². The van der Waals surface area contributed by atoms with E-state index in [2.05, 4.69) is 47.5 Å². The maximum atomic E-state index is 6.00. The zero-order chi connectivity index (χ0) is 18.2. The molecule has 1 N–H and O–H groups in total. The zero-order valence-electron chi connectivity index (χ0n) is 15.9. The van der Waals surface area contributed by atoms with Crippen molar-refractivity contribution in [2.75, 3.05) is 33.3 Å². The van der Waals surface area contributed by atoms with Crippen LogP contribution in [0.5, 0.6) is 11.5 Å². The highest BCUT2D eigenvalue weighted by Gasteiger charge is 2.21. The van der Waals surface area contributed by atoms with Gasteiger partial charge in [0.1, 0.15) is 6.61 Å². The Labute approximate surface area is 157 Å². The Balaban J connectivity index is 1.74. The van der Waals surface area contributed by atoms with Gasteiger partial charge in [0.25, 0.3) is 0 Å². The Kier molecular flexibility index (Phi) is 6.92. The van der Waals surface area contributed by atoms with Crippen LogP contribution in [0.3, 0.4) is 0 Å². The van der Waals surface area contributed by atoms with E-state index < -0.39 is 0 Å². The molecule has 0 spiro atoms. The quantitative estimate of drug-likeness (QED) is 0.814. The van der Waals surface area contributed by atoms with Crippen LogP contribution in [0.25, 0.3) is 0 Å². The van der Waals surface area contributed by atoms with Crippen LogP contribution in [0.1, 0.15) is 36.9 Å². The van der Waals surface area contributed by atoms with Gasteiger partial charge >= 0.3 is 0 Å². The fraction of sp³-hybridized carbons (Fsp3) is 0.455. The highest BCUT2D eigenvalue weighted by atomic mass is 16.5. The van der Waals surface area contributed by atoms with Crippen LogP contribution in [-0.2, 0) is 6.61 Å². The fourth-order valence-corrected chi connectivity index (χ4v) is 3.63. The van der Waals surface area contributed by atoms with E-state index in [1.807, 2.05) is 18.2 Å². The Hall–Kier alpha value is -2.04. The third kappa shape index (κ3) is 4.77.